The number of carbonyl (C=O) groups is 2. The third kappa shape index (κ3) is 3.79. The smallest absolute Gasteiger partial charge is 0.343 e. The lowest BCUT2D eigenvalue weighted by molar-refractivity contribution is 0.0734. The Morgan fingerprint density at radius 1 is 0.912 bits per heavy atom. The Bertz CT molecular complexity index is 1360. The molecule has 0 spiro atoms. The van der Waals surface area contributed by atoms with Crippen LogP contribution in [0, 0.1) is 6.92 Å². The summed E-state index contributed by atoms with van der Waals surface area (Å²) in [7, 11) is 3.10. The third-order valence-corrected chi connectivity index (χ3v) is 5.49. The maximum atomic E-state index is 13.0. The maximum absolute atomic E-state index is 13.0. The molecule has 5 rings (SSSR count). The minimum atomic E-state index is -0.569. The number of benzene rings is 3. The van der Waals surface area contributed by atoms with Crippen molar-refractivity contribution in [1.29, 1.82) is 0 Å². The standard InChI is InChI=1S/C26H20O8/c1-14-8-18(33-26(28)16-5-7-19-21(10-16)32-13-31-19)12-22-24(14)25(27)23(34-22)9-15-4-6-17(29-2)11-20(15)30-3/h4-12H,13H2,1-3H3/b23-9-. The second kappa shape index (κ2) is 8.47. The summed E-state index contributed by atoms with van der Waals surface area (Å²) in [6, 6.07) is 13.2. The van der Waals surface area contributed by atoms with Gasteiger partial charge in [-0.05, 0) is 55.0 Å². The number of carbonyl (C=O) groups excluding carboxylic acids is 2. The zero-order valence-corrected chi connectivity index (χ0v) is 18.7. The summed E-state index contributed by atoms with van der Waals surface area (Å²) in [6.45, 7) is 1.87. The molecule has 0 saturated carbocycles. The van der Waals surface area contributed by atoms with Gasteiger partial charge in [-0.2, -0.15) is 0 Å². The fourth-order valence-corrected chi connectivity index (χ4v) is 3.80. The largest absolute Gasteiger partial charge is 0.497 e. The number of hydrogen-bond donors (Lipinski definition) is 0. The first-order chi connectivity index (χ1) is 16.5. The van der Waals surface area contributed by atoms with Gasteiger partial charge in [0.05, 0.1) is 25.3 Å². The first-order valence-corrected chi connectivity index (χ1v) is 10.4. The number of ether oxygens (including phenoxy) is 6. The highest BCUT2D eigenvalue weighted by atomic mass is 16.7. The SMILES string of the molecule is COc1ccc(/C=C2\Oc3cc(OC(=O)c4ccc5c(c4)OCO5)cc(C)c3C2=O)c(OC)c1. The van der Waals surface area contributed by atoms with E-state index >= 15 is 0 Å². The van der Waals surface area contributed by atoms with Crippen LogP contribution in [0.1, 0.15) is 31.8 Å². The number of rotatable bonds is 5. The van der Waals surface area contributed by atoms with E-state index in [4.69, 9.17) is 28.4 Å². The van der Waals surface area contributed by atoms with Crippen molar-refractivity contribution >= 4 is 17.8 Å². The van der Waals surface area contributed by atoms with Gasteiger partial charge in [0.15, 0.2) is 17.3 Å². The number of aryl methyl sites for hydroxylation is 1. The zero-order chi connectivity index (χ0) is 23.8. The zero-order valence-electron chi connectivity index (χ0n) is 18.7. The number of allylic oxidation sites excluding steroid dienone is 1. The van der Waals surface area contributed by atoms with Crippen molar-refractivity contribution in [3.8, 4) is 34.5 Å². The average Bonchev–Trinajstić information content (AvgIpc) is 3.43. The first kappa shape index (κ1) is 21.4. The van der Waals surface area contributed by atoms with Gasteiger partial charge in [0.25, 0.3) is 0 Å². The predicted molar refractivity (Wildman–Crippen MR) is 121 cm³/mol. The van der Waals surface area contributed by atoms with Crippen LogP contribution in [0.15, 0.2) is 54.3 Å². The van der Waals surface area contributed by atoms with Crippen molar-refractivity contribution < 1.29 is 38.0 Å². The van der Waals surface area contributed by atoms with Crippen LogP contribution in [0.5, 0.6) is 34.5 Å². The normalized spacial score (nSPS) is 14.6. The summed E-state index contributed by atoms with van der Waals surface area (Å²) in [5, 5.41) is 0. The van der Waals surface area contributed by atoms with Gasteiger partial charge in [-0.3, -0.25) is 4.79 Å². The van der Waals surface area contributed by atoms with Crippen molar-refractivity contribution in [2.45, 2.75) is 6.92 Å². The molecule has 0 aliphatic carbocycles. The second-order valence-electron chi connectivity index (χ2n) is 7.62. The Hall–Kier alpha value is -4.46. The molecule has 0 N–H and O–H groups in total. The predicted octanol–water partition coefficient (Wildman–Crippen LogP) is 4.58. The van der Waals surface area contributed by atoms with Crippen LogP contribution >= 0.6 is 0 Å². The lowest BCUT2D eigenvalue weighted by Crippen LogP contribution is -2.08. The van der Waals surface area contributed by atoms with Crippen LogP contribution in [-0.4, -0.2) is 32.8 Å². The molecule has 0 aromatic heterocycles. The molecule has 172 valence electrons. The minimum absolute atomic E-state index is 0.113. The molecule has 8 heteroatoms. The number of fused-ring (bicyclic) bond motifs is 2. The number of Topliss-reactive ketones (excluding diaryl/α,β-unsaturated/α-hetero) is 1. The monoisotopic (exact) mass is 460 g/mol. The highest BCUT2D eigenvalue weighted by Crippen LogP contribution is 2.39. The first-order valence-electron chi connectivity index (χ1n) is 10.4. The van der Waals surface area contributed by atoms with Gasteiger partial charge < -0.3 is 28.4 Å². The van der Waals surface area contributed by atoms with Gasteiger partial charge in [0, 0.05) is 17.7 Å². The van der Waals surface area contributed by atoms with Gasteiger partial charge in [0.2, 0.25) is 12.6 Å². The summed E-state index contributed by atoms with van der Waals surface area (Å²) in [5.74, 6) is 2.11. The van der Waals surface area contributed by atoms with Crippen molar-refractivity contribution in [3.63, 3.8) is 0 Å². The lowest BCUT2D eigenvalue weighted by atomic mass is 10.0. The Morgan fingerprint density at radius 3 is 2.53 bits per heavy atom. The molecule has 2 aliphatic rings. The van der Waals surface area contributed by atoms with Gasteiger partial charge in [-0.25, -0.2) is 4.79 Å². The van der Waals surface area contributed by atoms with Crippen LogP contribution in [0.2, 0.25) is 0 Å². The molecule has 0 radical (unpaired) electrons. The summed E-state index contributed by atoms with van der Waals surface area (Å²) >= 11 is 0. The third-order valence-electron chi connectivity index (χ3n) is 5.49. The van der Waals surface area contributed by atoms with Crippen LogP contribution in [0.4, 0.5) is 0 Å². The molecule has 2 aliphatic heterocycles. The van der Waals surface area contributed by atoms with E-state index in [0.717, 1.165) is 0 Å². The maximum Gasteiger partial charge on any atom is 0.343 e. The Labute approximate surface area is 195 Å². The highest BCUT2D eigenvalue weighted by Gasteiger charge is 2.31. The molecule has 0 bridgehead atoms. The van der Waals surface area contributed by atoms with E-state index in [0.29, 0.717) is 51.0 Å². The Balaban J connectivity index is 1.40. The summed E-state index contributed by atoms with van der Waals surface area (Å²) in [4.78, 5) is 25.7. The molecule has 0 unspecified atom stereocenters. The van der Waals surface area contributed by atoms with Crippen LogP contribution < -0.4 is 28.4 Å². The fourth-order valence-electron chi connectivity index (χ4n) is 3.80. The number of methoxy groups -OCH3 is 2. The Morgan fingerprint density at radius 2 is 1.74 bits per heavy atom. The van der Waals surface area contributed by atoms with Crippen LogP contribution in [0.25, 0.3) is 6.08 Å². The van der Waals surface area contributed by atoms with Gasteiger partial charge >= 0.3 is 5.97 Å². The molecular weight excluding hydrogens is 440 g/mol. The highest BCUT2D eigenvalue weighted by molar-refractivity contribution is 6.15. The molecular formula is C26H20O8. The van der Waals surface area contributed by atoms with Gasteiger partial charge in [-0.1, -0.05) is 0 Å². The molecule has 8 nitrogen and oxygen atoms in total. The van der Waals surface area contributed by atoms with E-state index in [2.05, 4.69) is 0 Å². The molecule has 0 amide bonds. The molecule has 34 heavy (non-hydrogen) atoms. The molecule has 0 fully saturated rings. The summed E-state index contributed by atoms with van der Waals surface area (Å²) in [5.41, 5.74) is 2.01. The van der Waals surface area contributed by atoms with Crippen molar-refractivity contribution in [1.82, 2.24) is 0 Å². The van der Waals surface area contributed by atoms with Crippen molar-refractivity contribution in [2.75, 3.05) is 21.0 Å². The number of hydrogen-bond acceptors (Lipinski definition) is 8. The number of ketones is 1. The van der Waals surface area contributed by atoms with E-state index in [-0.39, 0.29) is 24.1 Å². The second-order valence-corrected chi connectivity index (χ2v) is 7.62. The van der Waals surface area contributed by atoms with Crippen molar-refractivity contribution in [3.05, 3.63) is 76.5 Å². The van der Waals surface area contributed by atoms with Crippen LogP contribution in [-0.2, 0) is 0 Å². The lowest BCUT2D eigenvalue weighted by Gasteiger charge is -2.08. The van der Waals surface area contributed by atoms with Crippen LogP contribution in [0.3, 0.4) is 0 Å². The average molecular weight is 460 g/mol. The Kier molecular flexibility index (Phi) is 5.33. The van der Waals surface area contributed by atoms with E-state index in [1.165, 1.54) is 13.2 Å². The van der Waals surface area contributed by atoms with E-state index in [1.54, 1.807) is 62.6 Å². The van der Waals surface area contributed by atoms with Gasteiger partial charge in [0.1, 0.15) is 23.0 Å². The molecule has 3 aromatic carbocycles. The minimum Gasteiger partial charge on any atom is -0.497 e. The molecule has 0 saturated heterocycles. The molecule has 3 aromatic rings. The summed E-state index contributed by atoms with van der Waals surface area (Å²) in [6.07, 6.45) is 1.61. The quantitative estimate of drug-likeness (QED) is 0.311. The molecule has 0 atom stereocenters. The van der Waals surface area contributed by atoms with E-state index in [9.17, 15) is 9.59 Å². The molecule has 2 heterocycles. The summed E-state index contributed by atoms with van der Waals surface area (Å²) < 4.78 is 32.6. The van der Waals surface area contributed by atoms with Crippen molar-refractivity contribution in [2.24, 2.45) is 0 Å². The number of esters is 1. The topological polar surface area (TPSA) is 89.5 Å². The van der Waals surface area contributed by atoms with E-state index < -0.39 is 5.97 Å². The van der Waals surface area contributed by atoms with E-state index in [1.807, 2.05) is 0 Å². The fraction of sp³-hybridized carbons (Fsp3) is 0.154. The van der Waals surface area contributed by atoms with Gasteiger partial charge in [-0.15, -0.1) is 0 Å².